The van der Waals surface area contributed by atoms with Gasteiger partial charge in [0, 0.05) is 23.7 Å². The summed E-state index contributed by atoms with van der Waals surface area (Å²) in [5.74, 6) is 0.0665. The molecule has 7 heteroatoms. The second kappa shape index (κ2) is 7.09. The van der Waals surface area contributed by atoms with Crippen molar-refractivity contribution in [1.29, 1.82) is 0 Å². The summed E-state index contributed by atoms with van der Waals surface area (Å²) in [4.78, 5) is 17.0. The van der Waals surface area contributed by atoms with Gasteiger partial charge in [0.2, 0.25) is 10.0 Å². The van der Waals surface area contributed by atoms with Crippen LogP contribution in [-0.4, -0.2) is 25.9 Å². The second-order valence-electron chi connectivity index (χ2n) is 6.65. The molecule has 1 saturated carbocycles. The standard InChI is InChI=1S/C20H19N3O3S/c24-20(23-19-8-2-7-18-17(19)6-3-11-21-18)15-4-1-5-16(12-15)27(25,26)22-13-14-9-10-14/h1-8,11-12,14,22H,9-10,13H2,(H,23,24). The number of hydrogen-bond donors (Lipinski definition) is 2. The van der Waals surface area contributed by atoms with E-state index in [1.54, 1.807) is 30.5 Å². The first-order chi connectivity index (χ1) is 13.0. The summed E-state index contributed by atoms with van der Waals surface area (Å²) in [6.07, 6.45) is 3.81. The lowest BCUT2D eigenvalue weighted by molar-refractivity contribution is 0.102. The Morgan fingerprint density at radius 3 is 2.70 bits per heavy atom. The van der Waals surface area contributed by atoms with Crippen LogP contribution in [0.15, 0.2) is 65.7 Å². The molecule has 1 heterocycles. The Morgan fingerprint density at radius 1 is 1.07 bits per heavy atom. The van der Waals surface area contributed by atoms with Crippen molar-refractivity contribution in [3.05, 3.63) is 66.4 Å². The van der Waals surface area contributed by atoms with E-state index in [1.807, 2.05) is 18.2 Å². The molecule has 2 aromatic carbocycles. The van der Waals surface area contributed by atoms with E-state index in [1.165, 1.54) is 12.1 Å². The summed E-state index contributed by atoms with van der Waals surface area (Å²) in [6, 6.07) is 15.2. The summed E-state index contributed by atoms with van der Waals surface area (Å²) in [7, 11) is -3.62. The molecule has 6 nitrogen and oxygen atoms in total. The summed E-state index contributed by atoms with van der Waals surface area (Å²) < 4.78 is 27.5. The Bertz CT molecular complexity index is 1100. The number of amides is 1. The monoisotopic (exact) mass is 381 g/mol. The molecule has 0 aliphatic heterocycles. The van der Waals surface area contributed by atoms with Gasteiger partial charge in [0.25, 0.3) is 5.91 Å². The Kier molecular flexibility index (Phi) is 4.63. The Morgan fingerprint density at radius 2 is 1.89 bits per heavy atom. The summed E-state index contributed by atoms with van der Waals surface area (Å²) >= 11 is 0. The maximum absolute atomic E-state index is 12.7. The fourth-order valence-electron chi connectivity index (χ4n) is 2.84. The maximum atomic E-state index is 12.7. The van der Waals surface area contributed by atoms with Crippen LogP contribution < -0.4 is 10.0 Å². The molecule has 0 saturated heterocycles. The van der Waals surface area contributed by atoms with Gasteiger partial charge in [-0.2, -0.15) is 0 Å². The molecule has 1 aromatic heterocycles. The van der Waals surface area contributed by atoms with Crippen molar-refractivity contribution >= 4 is 32.5 Å². The largest absolute Gasteiger partial charge is 0.321 e. The van der Waals surface area contributed by atoms with E-state index in [0.29, 0.717) is 18.2 Å². The molecule has 138 valence electrons. The van der Waals surface area contributed by atoms with E-state index in [9.17, 15) is 13.2 Å². The number of carbonyl (C=O) groups excluding carboxylic acids is 1. The smallest absolute Gasteiger partial charge is 0.255 e. The number of carbonyl (C=O) groups is 1. The van der Waals surface area contributed by atoms with E-state index in [4.69, 9.17) is 0 Å². The number of nitrogens with zero attached hydrogens (tertiary/aromatic N) is 1. The van der Waals surface area contributed by atoms with Crippen molar-refractivity contribution in [3.63, 3.8) is 0 Å². The zero-order valence-electron chi connectivity index (χ0n) is 14.6. The zero-order valence-corrected chi connectivity index (χ0v) is 15.4. The molecule has 1 amide bonds. The van der Waals surface area contributed by atoms with Crippen LogP contribution in [0.3, 0.4) is 0 Å². The SMILES string of the molecule is O=C(Nc1cccc2ncccc12)c1cccc(S(=O)(=O)NCC2CC2)c1. The predicted octanol–water partition coefficient (Wildman–Crippen LogP) is 3.18. The summed E-state index contributed by atoms with van der Waals surface area (Å²) in [5.41, 5.74) is 1.69. The maximum Gasteiger partial charge on any atom is 0.255 e. The number of nitrogens with one attached hydrogen (secondary N) is 2. The zero-order chi connectivity index (χ0) is 18.9. The summed E-state index contributed by atoms with van der Waals surface area (Å²) in [5, 5.41) is 3.67. The van der Waals surface area contributed by atoms with Gasteiger partial charge < -0.3 is 5.32 Å². The lowest BCUT2D eigenvalue weighted by atomic mass is 10.1. The second-order valence-corrected chi connectivity index (χ2v) is 8.42. The van der Waals surface area contributed by atoms with Crippen LogP contribution in [0.25, 0.3) is 10.9 Å². The minimum atomic E-state index is -3.62. The van der Waals surface area contributed by atoms with Gasteiger partial charge in [0.15, 0.2) is 0 Å². The van der Waals surface area contributed by atoms with Gasteiger partial charge in [-0.15, -0.1) is 0 Å². The number of anilines is 1. The van der Waals surface area contributed by atoms with Crippen molar-refractivity contribution in [2.75, 3.05) is 11.9 Å². The molecule has 0 radical (unpaired) electrons. The number of sulfonamides is 1. The van der Waals surface area contributed by atoms with E-state index < -0.39 is 10.0 Å². The number of pyridine rings is 1. The van der Waals surface area contributed by atoms with Gasteiger partial charge in [-0.25, -0.2) is 13.1 Å². The van der Waals surface area contributed by atoms with Crippen molar-refractivity contribution in [2.45, 2.75) is 17.7 Å². The molecule has 0 bridgehead atoms. The Hall–Kier alpha value is -2.77. The van der Waals surface area contributed by atoms with E-state index in [0.717, 1.165) is 23.7 Å². The first-order valence-corrected chi connectivity index (χ1v) is 10.3. The number of rotatable bonds is 6. The molecule has 27 heavy (non-hydrogen) atoms. The molecule has 1 aliphatic rings. The lowest BCUT2D eigenvalue weighted by Gasteiger charge is -2.10. The average molecular weight is 381 g/mol. The van der Waals surface area contributed by atoms with Crippen LogP contribution in [0.2, 0.25) is 0 Å². The van der Waals surface area contributed by atoms with Gasteiger partial charge in [-0.05, 0) is 61.2 Å². The molecule has 0 spiro atoms. The highest BCUT2D eigenvalue weighted by molar-refractivity contribution is 7.89. The van der Waals surface area contributed by atoms with Gasteiger partial charge in [-0.1, -0.05) is 12.1 Å². The third kappa shape index (κ3) is 3.99. The minimum Gasteiger partial charge on any atom is -0.321 e. The van der Waals surface area contributed by atoms with Crippen LogP contribution in [0.5, 0.6) is 0 Å². The first kappa shape index (κ1) is 17.6. The predicted molar refractivity (Wildman–Crippen MR) is 104 cm³/mol. The highest BCUT2D eigenvalue weighted by Crippen LogP contribution is 2.28. The molecule has 3 aromatic rings. The average Bonchev–Trinajstić information content (AvgIpc) is 3.51. The summed E-state index contributed by atoms with van der Waals surface area (Å²) in [6.45, 7) is 0.446. The van der Waals surface area contributed by atoms with Crippen LogP contribution in [0, 0.1) is 5.92 Å². The fourth-order valence-corrected chi connectivity index (χ4v) is 4.01. The van der Waals surface area contributed by atoms with E-state index >= 15 is 0 Å². The van der Waals surface area contributed by atoms with E-state index in [-0.39, 0.29) is 16.4 Å². The van der Waals surface area contributed by atoms with Crippen LogP contribution in [-0.2, 0) is 10.0 Å². The number of aromatic nitrogens is 1. The van der Waals surface area contributed by atoms with E-state index in [2.05, 4.69) is 15.0 Å². The lowest BCUT2D eigenvalue weighted by Crippen LogP contribution is -2.26. The van der Waals surface area contributed by atoms with Crippen LogP contribution in [0.1, 0.15) is 23.2 Å². The third-order valence-corrected chi connectivity index (χ3v) is 5.98. The molecule has 2 N–H and O–H groups in total. The molecule has 4 rings (SSSR count). The topological polar surface area (TPSA) is 88.2 Å². The van der Waals surface area contributed by atoms with Crippen molar-refractivity contribution in [2.24, 2.45) is 5.92 Å². The quantitative estimate of drug-likeness (QED) is 0.686. The minimum absolute atomic E-state index is 0.0930. The number of hydrogen-bond acceptors (Lipinski definition) is 4. The highest BCUT2D eigenvalue weighted by atomic mass is 32.2. The third-order valence-electron chi connectivity index (χ3n) is 4.56. The van der Waals surface area contributed by atoms with Crippen LogP contribution in [0.4, 0.5) is 5.69 Å². The molecular formula is C20H19N3O3S. The van der Waals surface area contributed by atoms with Crippen LogP contribution >= 0.6 is 0 Å². The van der Waals surface area contributed by atoms with Crippen molar-refractivity contribution < 1.29 is 13.2 Å². The molecule has 0 atom stereocenters. The Labute approximate surface area is 157 Å². The number of fused-ring (bicyclic) bond motifs is 1. The molecule has 0 unspecified atom stereocenters. The van der Waals surface area contributed by atoms with Gasteiger partial charge in [0.1, 0.15) is 0 Å². The normalized spacial score (nSPS) is 14.2. The molecule has 1 fully saturated rings. The van der Waals surface area contributed by atoms with Gasteiger partial charge in [-0.3, -0.25) is 9.78 Å². The molecular weight excluding hydrogens is 362 g/mol. The number of benzene rings is 2. The van der Waals surface area contributed by atoms with Gasteiger partial charge >= 0.3 is 0 Å². The molecule has 1 aliphatic carbocycles. The van der Waals surface area contributed by atoms with Gasteiger partial charge in [0.05, 0.1) is 16.1 Å². The van der Waals surface area contributed by atoms with Crippen molar-refractivity contribution in [1.82, 2.24) is 9.71 Å². The Balaban J connectivity index is 1.57. The fraction of sp³-hybridized carbons (Fsp3) is 0.200. The highest BCUT2D eigenvalue weighted by Gasteiger charge is 2.24. The first-order valence-electron chi connectivity index (χ1n) is 8.78. The van der Waals surface area contributed by atoms with Crippen molar-refractivity contribution in [3.8, 4) is 0 Å².